The van der Waals surface area contributed by atoms with Crippen LogP contribution in [0.15, 0.2) is 29.6 Å². The Kier molecular flexibility index (Phi) is 3.00. The summed E-state index contributed by atoms with van der Waals surface area (Å²) in [7, 11) is 1.78. The standard InChI is InChI=1S/C10H9ClO2S2/c11-15(12,13)6-5-8-7-14-10-4-2-1-3-9(8)10/h1-4,7H,5-6H2. The molecular formula is C10H9ClO2S2. The fourth-order valence-corrected chi connectivity index (χ4v) is 3.15. The van der Waals surface area contributed by atoms with Gasteiger partial charge in [-0.15, -0.1) is 11.3 Å². The van der Waals surface area contributed by atoms with Crippen LogP contribution in [0, 0.1) is 0 Å². The van der Waals surface area contributed by atoms with Crippen LogP contribution in [-0.4, -0.2) is 14.2 Å². The van der Waals surface area contributed by atoms with E-state index in [9.17, 15) is 8.42 Å². The Morgan fingerprint density at radius 1 is 1.27 bits per heavy atom. The van der Waals surface area contributed by atoms with Crippen LogP contribution in [0.4, 0.5) is 0 Å². The van der Waals surface area contributed by atoms with Crippen molar-refractivity contribution < 1.29 is 8.42 Å². The number of rotatable bonds is 3. The lowest BCUT2D eigenvalue weighted by Gasteiger charge is -1.96. The average Bonchev–Trinajstić information content (AvgIpc) is 2.57. The van der Waals surface area contributed by atoms with Crippen LogP contribution in [0.25, 0.3) is 10.1 Å². The van der Waals surface area contributed by atoms with Crippen molar-refractivity contribution in [3.8, 4) is 0 Å². The van der Waals surface area contributed by atoms with Gasteiger partial charge < -0.3 is 0 Å². The van der Waals surface area contributed by atoms with Gasteiger partial charge in [0.25, 0.3) is 0 Å². The highest BCUT2D eigenvalue weighted by Crippen LogP contribution is 2.26. The van der Waals surface area contributed by atoms with Crippen LogP contribution >= 0.6 is 22.0 Å². The number of hydrogen-bond acceptors (Lipinski definition) is 3. The molecule has 1 aromatic carbocycles. The maximum absolute atomic E-state index is 10.8. The van der Waals surface area contributed by atoms with Gasteiger partial charge in [0.05, 0.1) is 5.75 Å². The zero-order valence-corrected chi connectivity index (χ0v) is 10.2. The Hall–Kier alpha value is -0.580. The minimum atomic E-state index is -3.39. The van der Waals surface area contributed by atoms with E-state index in [1.807, 2.05) is 29.6 Å². The first-order valence-corrected chi connectivity index (χ1v) is 7.79. The van der Waals surface area contributed by atoms with Crippen molar-refractivity contribution in [3.05, 3.63) is 35.2 Å². The summed E-state index contributed by atoms with van der Waals surface area (Å²) in [6.07, 6.45) is 0.482. The van der Waals surface area contributed by atoms with Gasteiger partial charge in [0.2, 0.25) is 9.05 Å². The van der Waals surface area contributed by atoms with Gasteiger partial charge in [0.15, 0.2) is 0 Å². The molecule has 0 aliphatic carbocycles. The van der Waals surface area contributed by atoms with Crippen molar-refractivity contribution in [2.24, 2.45) is 0 Å². The predicted molar refractivity (Wildman–Crippen MR) is 65.2 cm³/mol. The highest BCUT2D eigenvalue weighted by molar-refractivity contribution is 8.13. The summed E-state index contributed by atoms with van der Waals surface area (Å²) in [5.41, 5.74) is 1.06. The summed E-state index contributed by atoms with van der Waals surface area (Å²) >= 11 is 1.63. The molecule has 0 aliphatic heterocycles. The number of halogens is 1. The summed E-state index contributed by atoms with van der Waals surface area (Å²) in [6.45, 7) is 0. The molecular weight excluding hydrogens is 252 g/mol. The Balaban J connectivity index is 2.29. The van der Waals surface area contributed by atoms with Crippen LogP contribution in [0.1, 0.15) is 5.56 Å². The maximum Gasteiger partial charge on any atom is 0.232 e. The molecule has 2 rings (SSSR count). The average molecular weight is 261 g/mol. The number of hydrogen-bond donors (Lipinski definition) is 0. The molecule has 0 N–H and O–H groups in total. The Bertz CT molecular complexity index is 572. The smallest absolute Gasteiger partial charge is 0.212 e. The molecule has 0 saturated heterocycles. The summed E-state index contributed by atoms with van der Waals surface area (Å²) in [6, 6.07) is 7.95. The lowest BCUT2D eigenvalue weighted by molar-refractivity contribution is 0.609. The molecule has 0 fully saturated rings. The summed E-state index contributed by atoms with van der Waals surface area (Å²) < 4.78 is 22.8. The van der Waals surface area contributed by atoms with E-state index < -0.39 is 9.05 Å². The van der Waals surface area contributed by atoms with Gasteiger partial charge in [-0.1, -0.05) is 18.2 Å². The quantitative estimate of drug-likeness (QED) is 0.795. The SMILES string of the molecule is O=S(=O)(Cl)CCc1csc2ccccc12. The molecule has 0 amide bonds. The van der Waals surface area contributed by atoms with Crippen molar-refractivity contribution in [3.63, 3.8) is 0 Å². The molecule has 1 heterocycles. The van der Waals surface area contributed by atoms with Gasteiger partial charge in [-0.25, -0.2) is 8.42 Å². The fourth-order valence-electron chi connectivity index (χ4n) is 1.46. The van der Waals surface area contributed by atoms with E-state index in [0.717, 1.165) is 10.9 Å². The molecule has 0 aliphatic rings. The third kappa shape index (κ3) is 2.71. The zero-order chi connectivity index (χ0) is 10.9. The predicted octanol–water partition coefficient (Wildman–Crippen LogP) is 3.01. The summed E-state index contributed by atoms with van der Waals surface area (Å²) in [4.78, 5) is 0. The minimum Gasteiger partial charge on any atom is -0.212 e. The highest BCUT2D eigenvalue weighted by Gasteiger charge is 2.08. The first-order valence-electron chi connectivity index (χ1n) is 4.44. The van der Waals surface area contributed by atoms with E-state index in [1.54, 1.807) is 11.3 Å². The van der Waals surface area contributed by atoms with E-state index in [2.05, 4.69) is 0 Å². The van der Waals surface area contributed by atoms with Crippen LogP contribution in [0.5, 0.6) is 0 Å². The van der Waals surface area contributed by atoms with Crippen molar-refractivity contribution in [1.29, 1.82) is 0 Å². The van der Waals surface area contributed by atoms with Crippen LogP contribution in [0.2, 0.25) is 0 Å². The van der Waals surface area contributed by atoms with E-state index >= 15 is 0 Å². The van der Waals surface area contributed by atoms with Crippen molar-refractivity contribution >= 4 is 41.2 Å². The lowest BCUT2D eigenvalue weighted by atomic mass is 10.1. The van der Waals surface area contributed by atoms with Gasteiger partial charge >= 0.3 is 0 Å². The number of fused-ring (bicyclic) bond motifs is 1. The van der Waals surface area contributed by atoms with Crippen molar-refractivity contribution in [1.82, 2.24) is 0 Å². The largest absolute Gasteiger partial charge is 0.232 e. The molecule has 1 aromatic heterocycles. The van der Waals surface area contributed by atoms with E-state index in [0.29, 0.717) is 6.42 Å². The molecule has 80 valence electrons. The molecule has 5 heteroatoms. The van der Waals surface area contributed by atoms with Crippen molar-refractivity contribution in [2.75, 3.05) is 5.75 Å². The number of aryl methyl sites for hydroxylation is 1. The topological polar surface area (TPSA) is 34.1 Å². The van der Waals surface area contributed by atoms with Crippen molar-refractivity contribution in [2.45, 2.75) is 6.42 Å². The molecule has 0 spiro atoms. The van der Waals surface area contributed by atoms with Gasteiger partial charge in [0, 0.05) is 15.4 Å². The number of thiophene rings is 1. The maximum atomic E-state index is 10.8. The van der Waals surface area contributed by atoms with E-state index in [-0.39, 0.29) is 5.75 Å². The first kappa shape index (κ1) is 10.9. The fraction of sp³-hybridized carbons (Fsp3) is 0.200. The third-order valence-electron chi connectivity index (χ3n) is 2.18. The molecule has 15 heavy (non-hydrogen) atoms. The van der Waals surface area contributed by atoms with Crippen LogP contribution in [-0.2, 0) is 15.5 Å². The van der Waals surface area contributed by atoms with E-state index in [4.69, 9.17) is 10.7 Å². The lowest BCUT2D eigenvalue weighted by Crippen LogP contribution is -2.00. The van der Waals surface area contributed by atoms with E-state index in [1.165, 1.54) is 4.70 Å². The molecule has 2 aromatic rings. The molecule has 0 unspecified atom stereocenters. The van der Waals surface area contributed by atoms with Gasteiger partial charge in [-0.05, 0) is 28.8 Å². The van der Waals surface area contributed by atoms with Crippen LogP contribution in [0.3, 0.4) is 0 Å². The highest BCUT2D eigenvalue weighted by atomic mass is 35.7. The summed E-state index contributed by atoms with van der Waals surface area (Å²) in [5.74, 6) is -0.00468. The third-order valence-corrected chi connectivity index (χ3v) is 4.34. The minimum absolute atomic E-state index is 0.00468. The van der Waals surface area contributed by atoms with Crippen LogP contribution < -0.4 is 0 Å². The molecule has 0 bridgehead atoms. The second-order valence-corrected chi connectivity index (χ2v) is 7.06. The zero-order valence-electron chi connectivity index (χ0n) is 7.81. The molecule has 0 saturated carbocycles. The Labute approximate surface area is 96.9 Å². The monoisotopic (exact) mass is 260 g/mol. The molecule has 2 nitrogen and oxygen atoms in total. The Morgan fingerprint density at radius 3 is 2.73 bits per heavy atom. The molecule has 0 radical (unpaired) electrons. The van der Waals surface area contributed by atoms with Gasteiger partial charge in [-0.2, -0.15) is 0 Å². The second kappa shape index (κ2) is 4.12. The van der Waals surface area contributed by atoms with Gasteiger partial charge in [-0.3, -0.25) is 0 Å². The normalized spacial score (nSPS) is 12.1. The first-order chi connectivity index (χ1) is 7.06. The van der Waals surface area contributed by atoms with Gasteiger partial charge in [0.1, 0.15) is 0 Å². The second-order valence-electron chi connectivity index (χ2n) is 3.25. The Morgan fingerprint density at radius 2 is 2.00 bits per heavy atom. The number of benzene rings is 1. The molecule has 0 atom stereocenters. The summed E-state index contributed by atoms with van der Waals surface area (Å²) in [5, 5.41) is 3.12.